The molecule has 1 aliphatic carbocycles. The minimum Gasteiger partial charge on any atom is -0.290 e. The first-order valence-electron chi connectivity index (χ1n) is 6.85. The molecule has 0 bridgehead atoms. The monoisotopic (exact) mass is 333 g/mol. The zero-order chi connectivity index (χ0) is 16.6. The van der Waals surface area contributed by atoms with Gasteiger partial charge in [0.25, 0.3) is 5.91 Å². The van der Waals surface area contributed by atoms with E-state index < -0.39 is 17.5 Å². The van der Waals surface area contributed by atoms with Gasteiger partial charge in [-0.3, -0.25) is 9.69 Å². The molecule has 2 aromatic rings. The lowest BCUT2D eigenvalue weighted by molar-refractivity contribution is 0.0984. The Morgan fingerprint density at radius 1 is 1.30 bits per heavy atom. The number of amides is 1. The van der Waals surface area contributed by atoms with E-state index in [1.165, 1.54) is 23.2 Å². The molecule has 23 heavy (non-hydrogen) atoms. The van der Waals surface area contributed by atoms with Crippen LogP contribution in [0.15, 0.2) is 30.5 Å². The fraction of sp³-hybridized carbons (Fsp3) is 0.188. The lowest BCUT2D eigenvalue weighted by Crippen LogP contribution is -2.34. The Hall–Kier alpha value is -2.52. The van der Waals surface area contributed by atoms with Gasteiger partial charge in [0, 0.05) is 12.2 Å². The van der Waals surface area contributed by atoms with E-state index in [1.54, 1.807) is 0 Å². The molecular weight excluding hydrogens is 324 g/mol. The van der Waals surface area contributed by atoms with E-state index >= 15 is 0 Å². The number of carbonyl (C=O) groups excluding carboxylic acids is 1. The highest BCUT2D eigenvalue weighted by Crippen LogP contribution is 2.33. The van der Waals surface area contributed by atoms with Gasteiger partial charge >= 0.3 is 0 Å². The largest absolute Gasteiger partial charge is 0.290 e. The molecule has 1 aliphatic rings. The van der Waals surface area contributed by atoms with Crippen LogP contribution in [0.1, 0.15) is 28.8 Å². The van der Waals surface area contributed by atoms with Crippen molar-refractivity contribution >= 4 is 23.3 Å². The summed E-state index contributed by atoms with van der Waals surface area (Å²) in [6, 6.07) is 6.43. The molecule has 7 heteroatoms. The summed E-state index contributed by atoms with van der Waals surface area (Å²) < 4.78 is 26.6. The highest BCUT2D eigenvalue weighted by atomic mass is 35.5. The van der Waals surface area contributed by atoms with Crippen molar-refractivity contribution < 1.29 is 13.6 Å². The summed E-state index contributed by atoms with van der Waals surface area (Å²) in [5.74, 6) is -2.54. The van der Waals surface area contributed by atoms with Crippen LogP contribution in [0.4, 0.5) is 14.6 Å². The Kier molecular flexibility index (Phi) is 3.97. The van der Waals surface area contributed by atoms with Gasteiger partial charge in [-0.05, 0) is 37.1 Å². The van der Waals surface area contributed by atoms with Crippen molar-refractivity contribution in [2.75, 3.05) is 4.90 Å². The summed E-state index contributed by atoms with van der Waals surface area (Å²) in [5, 5.41) is 8.80. The van der Waals surface area contributed by atoms with Gasteiger partial charge in [0.05, 0.1) is 22.2 Å². The Morgan fingerprint density at radius 3 is 2.65 bits per heavy atom. The fourth-order valence-corrected chi connectivity index (χ4v) is 2.46. The number of benzene rings is 1. The van der Waals surface area contributed by atoms with E-state index in [-0.39, 0.29) is 22.4 Å². The van der Waals surface area contributed by atoms with Crippen LogP contribution >= 0.6 is 11.6 Å². The molecule has 0 unspecified atom stereocenters. The molecule has 1 aromatic carbocycles. The number of rotatable bonds is 3. The SMILES string of the molecule is N#Cc1ccnc(N(C(=O)c2cc(F)c(F)cc2Cl)C2CC2)c1. The topological polar surface area (TPSA) is 57.0 Å². The van der Waals surface area contributed by atoms with Crippen molar-refractivity contribution in [3.63, 3.8) is 0 Å². The Bertz CT molecular complexity index is 831. The maximum Gasteiger partial charge on any atom is 0.261 e. The van der Waals surface area contributed by atoms with E-state index in [2.05, 4.69) is 4.98 Å². The summed E-state index contributed by atoms with van der Waals surface area (Å²) in [4.78, 5) is 18.2. The third-order valence-electron chi connectivity index (χ3n) is 3.49. The van der Waals surface area contributed by atoms with Gasteiger partial charge in [0.15, 0.2) is 11.6 Å². The molecule has 0 radical (unpaired) electrons. The predicted octanol–water partition coefficient (Wildman–Crippen LogP) is 3.69. The molecule has 1 fully saturated rings. The molecular formula is C16H10ClF2N3O. The lowest BCUT2D eigenvalue weighted by Gasteiger charge is -2.22. The molecule has 0 saturated heterocycles. The molecule has 0 atom stereocenters. The summed E-state index contributed by atoms with van der Waals surface area (Å²) in [7, 11) is 0. The second kappa shape index (κ2) is 5.94. The van der Waals surface area contributed by atoms with Gasteiger partial charge < -0.3 is 0 Å². The van der Waals surface area contributed by atoms with E-state index in [0.29, 0.717) is 5.56 Å². The maximum atomic E-state index is 13.5. The first-order chi connectivity index (χ1) is 11.0. The van der Waals surface area contributed by atoms with Crippen molar-refractivity contribution in [2.24, 2.45) is 0 Å². The first-order valence-corrected chi connectivity index (χ1v) is 7.23. The zero-order valence-corrected chi connectivity index (χ0v) is 12.5. The van der Waals surface area contributed by atoms with Gasteiger partial charge in [-0.2, -0.15) is 5.26 Å². The molecule has 0 N–H and O–H groups in total. The minimum absolute atomic E-state index is 0.0897. The van der Waals surface area contributed by atoms with Crippen LogP contribution in [0.3, 0.4) is 0 Å². The highest BCUT2D eigenvalue weighted by Gasteiger charge is 2.36. The van der Waals surface area contributed by atoms with Gasteiger partial charge in [-0.1, -0.05) is 11.6 Å². The van der Waals surface area contributed by atoms with E-state index in [4.69, 9.17) is 16.9 Å². The number of hydrogen-bond donors (Lipinski definition) is 0. The van der Waals surface area contributed by atoms with Gasteiger partial charge in [-0.25, -0.2) is 13.8 Å². The third kappa shape index (κ3) is 3.01. The number of aromatic nitrogens is 1. The summed E-state index contributed by atoms with van der Waals surface area (Å²) in [6.45, 7) is 0. The Morgan fingerprint density at radius 2 is 2.00 bits per heavy atom. The molecule has 1 aromatic heterocycles. The molecule has 116 valence electrons. The standard InChI is InChI=1S/C16H10ClF2N3O/c17-12-7-14(19)13(18)6-11(12)16(23)22(10-1-2-10)15-5-9(8-20)3-4-21-15/h3-7,10H,1-2H2. The van der Waals surface area contributed by atoms with Crippen molar-refractivity contribution in [3.05, 3.63) is 58.2 Å². The predicted molar refractivity (Wildman–Crippen MR) is 80.2 cm³/mol. The van der Waals surface area contributed by atoms with Gasteiger partial charge in [-0.15, -0.1) is 0 Å². The molecule has 0 spiro atoms. The van der Waals surface area contributed by atoms with E-state index in [0.717, 1.165) is 25.0 Å². The van der Waals surface area contributed by atoms with Crippen LogP contribution in [-0.4, -0.2) is 16.9 Å². The minimum atomic E-state index is -1.15. The molecule has 0 aliphatic heterocycles. The fourth-order valence-electron chi connectivity index (χ4n) is 2.23. The smallest absolute Gasteiger partial charge is 0.261 e. The number of carbonyl (C=O) groups is 1. The van der Waals surface area contributed by atoms with Gasteiger partial charge in [0.2, 0.25) is 0 Å². The quantitative estimate of drug-likeness (QED) is 0.805. The van der Waals surface area contributed by atoms with Crippen LogP contribution in [0.5, 0.6) is 0 Å². The maximum absolute atomic E-state index is 13.5. The zero-order valence-electron chi connectivity index (χ0n) is 11.8. The van der Waals surface area contributed by atoms with Crippen molar-refractivity contribution in [3.8, 4) is 6.07 Å². The van der Waals surface area contributed by atoms with Crippen molar-refractivity contribution in [2.45, 2.75) is 18.9 Å². The first kappa shape index (κ1) is 15.4. The second-order valence-electron chi connectivity index (χ2n) is 5.17. The molecule has 1 amide bonds. The summed E-state index contributed by atoms with van der Waals surface area (Å²) in [5.41, 5.74) is 0.214. The lowest BCUT2D eigenvalue weighted by atomic mass is 10.1. The number of hydrogen-bond acceptors (Lipinski definition) is 3. The average molecular weight is 334 g/mol. The number of nitriles is 1. The Labute approximate surface area is 135 Å². The van der Waals surface area contributed by atoms with Crippen molar-refractivity contribution in [1.82, 2.24) is 4.98 Å². The van der Waals surface area contributed by atoms with E-state index in [1.807, 2.05) is 6.07 Å². The average Bonchev–Trinajstić information content (AvgIpc) is 3.36. The van der Waals surface area contributed by atoms with Crippen LogP contribution in [-0.2, 0) is 0 Å². The Balaban J connectivity index is 2.04. The molecule has 1 heterocycles. The van der Waals surface area contributed by atoms with Crippen LogP contribution < -0.4 is 4.90 Å². The van der Waals surface area contributed by atoms with Crippen molar-refractivity contribution in [1.29, 1.82) is 5.26 Å². The molecule has 1 saturated carbocycles. The number of nitrogens with zero attached hydrogens (tertiary/aromatic N) is 3. The molecule has 3 rings (SSSR count). The number of halogens is 3. The van der Waals surface area contributed by atoms with Gasteiger partial charge in [0.1, 0.15) is 5.82 Å². The summed E-state index contributed by atoms with van der Waals surface area (Å²) in [6.07, 6.45) is 2.96. The third-order valence-corrected chi connectivity index (χ3v) is 3.81. The number of pyridine rings is 1. The van der Waals surface area contributed by atoms with E-state index in [9.17, 15) is 13.6 Å². The van der Waals surface area contributed by atoms with Crippen LogP contribution in [0.2, 0.25) is 5.02 Å². The highest BCUT2D eigenvalue weighted by molar-refractivity contribution is 6.34. The molecule has 4 nitrogen and oxygen atoms in total. The second-order valence-corrected chi connectivity index (χ2v) is 5.57. The summed E-state index contributed by atoms with van der Waals surface area (Å²) >= 11 is 5.88. The normalized spacial score (nSPS) is 13.5. The number of anilines is 1. The van der Waals surface area contributed by atoms with Crippen LogP contribution in [0, 0.1) is 23.0 Å². The van der Waals surface area contributed by atoms with Crippen LogP contribution in [0.25, 0.3) is 0 Å².